The smallest absolute Gasteiger partial charge is 0.237 e. The molecule has 2 fully saturated rings. The van der Waals surface area contributed by atoms with Gasteiger partial charge >= 0.3 is 0 Å². The number of rotatable bonds is 6. The van der Waals surface area contributed by atoms with Crippen LogP contribution in [0.1, 0.15) is 78.1 Å². The average molecular weight is 294 g/mol. The van der Waals surface area contributed by atoms with Crippen molar-refractivity contribution in [2.75, 3.05) is 6.54 Å². The molecule has 0 aromatic heterocycles. The summed E-state index contributed by atoms with van der Waals surface area (Å²) < 4.78 is 0. The van der Waals surface area contributed by atoms with Crippen LogP contribution in [0.3, 0.4) is 0 Å². The summed E-state index contributed by atoms with van der Waals surface area (Å²) in [5, 5.41) is 6.63. The molecule has 2 aliphatic carbocycles. The summed E-state index contributed by atoms with van der Waals surface area (Å²) in [7, 11) is 0. The van der Waals surface area contributed by atoms with Crippen molar-refractivity contribution < 1.29 is 4.79 Å². The third kappa shape index (κ3) is 5.98. The Morgan fingerprint density at radius 3 is 2.57 bits per heavy atom. The van der Waals surface area contributed by atoms with E-state index in [2.05, 4.69) is 17.6 Å². The van der Waals surface area contributed by atoms with Gasteiger partial charge in [0.2, 0.25) is 5.91 Å². The molecule has 122 valence electrons. The minimum absolute atomic E-state index is 0.0482. The van der Waals surface area contributed by atoms with Crippen LogP contribution in [0, 0.1) is 11.8 Å². The first-order valence-corrected chi connectivity index (χ1v) is 9.19. The van der Waals surface area contributed by atoms with Crippen molar-refractivity contribution in [2.45, 2.75) is 90.1 Å². The van der Waals surface area contributed by atoms with Crippen molar-refractivity contribution in [3.05, 3.63) is 0 Å². The molecule has 3 heteroatoms. The van der Waals surface area contributed by atoms with Crippen LogP contribution in [0.2, 0.25) is 0 Å². The molecule has 0 aromatic carbocycles. The van der Waals surface area contributed by atoms with Gasteiger partial charge in [-0.05, 0) is 51.0 Å². The molecule has 2 N–H and O–H groups in total. The Kier molecular flexibility index (Phi) is 7.01. The Bertz CT molecular complexity index is 312. The van der Waals surface area contributed by atoms with Gasteiger partial charge in [0.1, 0.15) is 0 Å². The van der Waals surface area contributed by atoms with Crippen LogP contribution >= 0.6 is 0 Å². The largest absolute Gasteiger partial charge is 0.352 e. The second-order valence-corrected chi connectivity index (χ2v) is 7.45. The second kappa shape index (κ2) is 8.77. The van der Waals surface area contributed by atoms with Gasteiger partial charge in [-0.3, -0.25) is 4.79 Å². The first kappa shape index (κ1) is 16.8. The van der Waals surface area contributed by atoms with E-state index in [4.69, 9.17) is 0 Å². The number of carbonyl (C=O) groups is 1. The van der Waals surface area contributed by atoms with Gasteiger partial charge in [-0.15, -0.1) is 0 Å². The predicted molar refractivity (Wildman–Crippen MR) is 88.2 cm³/mol. The molecule has 0 saturated heterocycles. The van der Waals surface area contributed by atoms with E-state index in [9.17, 15) is 4.79 Å². The Hall–Kier alpha value is -0.570. The van der Waals surface area contributed by atoms with Gasteiger partial charge in [-0.1, -0.05) is 45.4 Å². The maximum atomic E-state index is 12.2. The predicted octanol–water partition coefficient (Wildman–Crippen LogP) is 3.63. The minimum Gasteiger partial charge on any atom is -0.352 e. The lowest BCUT2D eigenvalue weighted by atomic mass is 9.81. The van der Waals surface area contributed by atoms with E-state index >= 15 is 0 Å². The molecule has 0 radical (unpaired) electrons. The molecule has 0 heterocycles. The quantitative estimate of drug-likeness (QED) is 0.785. The van der Waals surface area contributed by atoms with Crippen molar-refractivity contribution in [3.63, 3.8) is 0 Å². The first-order valence-electron chi connectivity index (χ1n) is 9.19. The van der Waals surface area contributed by atoms with Crippen molar-refractivity contribution in [2.24, 2.45) is 11.8 Å². The van der Waals surface area contributed by atoms with Crippen LogP contribution in [0.25, 0.3) is 0 Å². The summed E-state index contributed by atoms with van der Waals surface area (Å²) in [6.45, 7) is 5.36. The van der Waals surface area contributed by atoms with Crippen LogP contribution in [0.5, 0.6) is 0 Å². The zero-order valence-corrected chi connectivity index (χ0v) is 14.0. The van der Waals surface area contributed by atoms with Gasteiger partial charge < -0.3 is 10.6 Å². The third-order valence-electron chi connectivity index (χ3n) is 5.39. The number of amides is 1. The highest BCUT2D eigenvalue weighted by Gasteiger charge is 2.21. The number of nitrogens with one attached hydrogen (secondary N) is 2. The van der Waals surface area contributed by atoms with E-state index in [1.165, 1.54) is 64.2 Å². The molecule has 0 spiro atoms. The molecular weight excluding hydrogens is 260 g/mol. The van der Waals surface area contributed by atoms with Gasteiger partial charge in [0, 0.05) is 6.04 Å². The molecule has 0 bridgehead atoms. The minimum atomic E-state index is -0.0482. The highest BCUT2D eigenvalue weighted by atomic mass is 16.2. The summed E-state index contributed by atoms with van der Waals surface area (Å²) in [6, 6.07) is 0.377. The fourth-order valence-corrected chi connectivity index (χ4v) is 3.99. The fourth-order valence-electron chi connectivity index (χ4n) is 3.99. The van der Waals surface area contributed by atoms with Crippen LogP contribution in [0.4, 0.5) is 0 Å². The first-order chi connectivity index (χ1) is 10.1. The van der Waals surface area contributed by atoms with Gasteiger partial charge in [-0.2, -0.15) is 0 Å². The highest BCUT2D eigenvalue weighted by molar-refractivity contribution is 5.81. The molecule has 2 aliphatic rings. The lowest BCUT2D eigenvalue weighted by Crippen LogP contribution is -2.47. The fraction of sp³-hybridized carbons (Fsp3) is 0.944. The Morgan fingerprint density at radius 2 is 1.86 bits per heavy atom. The van der Waals surface area contributed by atoms with E-state index in [1.54, 1.807) is 0 Å². The normalized spacial score (nSPS) is 29.0. The zero-order chi connectivity index (χ0) is 15.1. The molecule has 3 atom stereocenters. The molecule has 3 nitrogen and oxygen atoms in total. The van der Waals surface area contributed by atoms with Crippen molar-refractivity contribution in [1.29, 1.82) is 0 Å². The van der Waals surface area contributed by atoms with Crippen molar-refractivity contribution >= 4 is 5.91 Å². The van der Waals surface area contributed by atoms with Crippen LogP contribution in [-0.4, -0.2) is 24.5 Å². The Labute approximate surface area is 130 Å². The van der Waals surface area contributed by atoms with E-state index in [-0.39, 0.29) is 11.9 Å². The third-order valence-corrected chi connectivity index (χ3v) is 5.39. The van der Waals surface area contributed by atoms with E-state index < -0.39 is 0 Å². The maximum Gasteiger partial charge on any atom is 0.237 e. The van der Waals surface area contributed by atoms with E-state index in [1.807, 2.05) is 6.92 Å². The van der Waals surface area contributed by atoms with Crippen LogP contribution in [-0.2, 0) is 4.79 Å². The molecule has 3 unspecified atom stereocenters. The average Bonchev–Trinajstić information content (AvgIpc) is 2.48. The van der Waals surface area contributed by atoms with Gasteiger partial charge in [0.05, 0.1) is 6.04 Å². The lowest BCUT2D eigenvalue weighted by molar-refractivity contribution is -0.123. The lowest BCUT2D eigenvalue weighted by Gasteiger charge is -2.27. The molecule has 0 aliphatic heterocycles. The highest BCUT2D eigenvalue weighted by Crippen LogP contribution is 2.30. The summed E-state index contributed by atoms with van der Waals surface area (Å²) in [5.74, 6) is 1.96. The van der Waals surface area contributed by atoms with Crippen molar-refractivity contribution in [3.8, 4) is 0 Å². The van der Waals surface area contributed by atoms with E-state index in [0.29, 0.717) is 6.04 Å². The van der Waals surface area contributed by atoms with E-state index in [0.717, 1.165) is 18.4 Å². The summed E-state index contributed by atoms with van der Waals surface area (Å²) >= 11 is 0. The number of hydrogen-bond donors (Lipinski definition) is 2. The monoisotopic (exact) mass is 294 g/mol. The molecule has 21 heavy (non-hydrogen) atoms. The maximum absolute atomic E-state index is 12.2. The van der Waals surface area contributed by atoms with Crippen molar-refractivity contribution in [1.82, 2.24) is 10.6 Å². The van der Waals surface area contributed by atoms with Crippen LogP contribution < -0.4 is 10.6 Å². The molecule has 1 amide bonds. The van der Waals surface area contributed by atoms with Crippen LogP contribution in [0.15, 0.2) is 0 Å². The number of hydrogen-bond acceptors (Lipinski definition) is 2. The second-order valence-electron chi connectivity index (χ2n) is 7.45. The Balaban J connectivity index is 1.59. The summed E-state index contributed by atoms with van der Waals surface area (Å²) in [5.41, 5.74) is 0. The molecule has 2 rings (SSSR count). The SMILES string of the molecule is CC1CCCC(CCNC(C)C(=O)NC2CCCCC2)C1. The molecule has 0 aromatic rings. The molecule has 2 saturated carbocycles. The number of carbonyl (C=O) groups excluding carboxylic acids is 1. The molecular formula is C18H34N2O. The summed E-state index contributed by atoms with van der Waals surface area (Å²) in [4.78, 5) is 12.2. The van der Waals surface area contributed by atoms with Gasteiger partial charge in [0.25, 0.3) is 0 Å². The summed E-state index contributed by atoms with van der Waals surface area (Å²) in [6.07, 6.45) is 13.0. The standard InChI is InChI=1S/C18H34N2O/c1-14-7-6-8-16(13-14)11-12-19-15(2)18(21)20-17-9-4-3-5-10-17/h14-17,19H,3-13H2,1-2H3,(H,20,21). The Morgan fingerprint density at radius 1 is 1.10 bits per heavy atom. The van der Waals surface area contributed by atoms with Gasteiger partial charge in [0.15, 0.2) is 0 Å². The zero-order valence-electron chi connectivity index (χ0n) is 14.0. The van der Waals surface area contributed by atoms with Gasteiger partial charge in [-0.25, -0.2) is 0 Å². The topological polar surface area (TPSA) is 41.1 Å².